The van der Waals surface area contributed by atoms with Gasteiger partial charge in [0.2, 0.25) is 0 Å². The molecule has 0 spiro atoms. The van der Waals surface area contributed by atoms with E-state index in [2.05, 4.69) is 0 Å². The molecule has 29 heavy (non-hydrogen) atoms. The molecule has 0 aromatic rings. The molecule has 0 aliphatic carbocycles. The SMILES string of the molecule is O=C1COCCOCCOCC(=O)[CH]2[Hg][CH]1C(=O)COCCOCCOCC2=O. The molecule has 160 valence electrons. The molecule has 0 radical (unpaired) electrons. The number of hydrogen-bond donors (Lipinski definition) is 0. The van der Waals surface area contributed by atoms with Crippen molar-refractivity contribution in [1.29, 1.82) is 0 Å². The fourth-order valence-electron chi connectivity index (χ4n) is 2.89. The van der Waals surface area contributed by atoms with Crippen LogP contribution in [0.2, 0.25) is 6.85 Å². The average Bonchev–Trinajstić information content (AvgIpc) is 2.70. The van der Waals surface area contributed by atoms with E-state index >= 15 is 0 Å². The molecule has 2 heterocycles. The van der Waals surface area contributed by atoms with Crippen LogP contribution in [0.3, 0.4) is 0 Å². The molecule has 2 aliphatic heterocycles. The van der Waals surface area contributed by atoms with Crippen LogP contribution in [0.5, 0.6) is 0 Å². The molecule has 2 saturated heterocycles. The van der Waals surface area contributed by atoms with Gasteiger partial charge in [-0.15, -0.1) is 0 Å². The van der Waals surface area contributed by atoms with Gasteiger partial charge in [-0.2, -0.15) is 0 Å². The number of carbonyl (C=O) groups excluding carboxylic acids is 4. The first-order valence-corrected chi connectivity index (χ1v) is 16.0. The van der Waals surface area contributed by atoms with Gasteiger partial charge in [-0.3, -0.25) is 0 Å². The Morgan fingerprint density at radius 2 is 0.690 bits per heavy atom. The van der Waals surface area contributed by atoms with Gasteiger partial charge >= 0.3 is 181 Å². The van der Waals surface area contributed by atoms with Gasteiger partial charge in [-0.1, -0.05) is 0 Å². The first-order valence-electron chi connectivity index (χ1n) is 9.67. The van der Waals surface area contributed by atoms with Crippen LogP contribution in [-0.2, 0) is 72.2 Å². The fourth-order valence-corrected chi connectivity index (χ4v) is 10.6. The third-order valence-corrected chi connectivity index (χ3v) is 15.2. The number of carbonyl (C=O) groups is 4. The van der Waals surface area contributed by atoms with E-state index in [1.807, 2.05) is 0 Å². The van der Waals surface area contributed by atoms with E-state index < -0.39 is 54.6 Å². The van der Waals surface area contributed by atoms with Crippen LogP contribution in [0, 0.1) is 0 Å². The second-order valence-electron chi connectivity index (χ2n) is 6.64. The summed E-state index contributed by atoms with van der Waals surface area (Å²) >= 11 is -2.76. The zero-order chi connectivity index (χ0) is 20.9. The Kier molecular flexibility index (Phi) is 12.2. The minimum absolute atomic E-state index is 0.201. The first-order chi connectivity index (χ1) is 14.1. The fraction of sp³-hybridized carbons (Fsp3) is 0.778. The van der Waals surface area contributed by atoms with Gasteiger partial charge in [0.1, 0.15) is 0 Å². The van der Waals surface area contributed by atoms with E-state index in [-0.39, 0.29) is 79.3 Å². The zero-order valence-electron chi connectivity index (χ0n) is 16.4. The summed E-state index contributed by atoms with van der Waals surface area (Å²) in [6, 6.07) is 0. The molecule has 0 N–H and O–H groups in total. The van der Waals surface area contributed by atoms with E-state index in [0.717, 1.165) is 0 Å². The van der Waals surface area contributed by atoms with Crippen LogP contribution in [0.4, 0.5) is 0 Å². The summed E-state index contributed by atoms with van der Waals surface area (Å²) in [7, 11) is 0. The van der Waals surface area contributed by atoms with Crippen molar-refractivity contribution in [3.63, 3.8) is 0 Å². The summed E-state index contributed by atoms with van der Waals surface area (Å²) in [6.07, 6.45) is 0. The molecule has 0 unspecified atom stereocenters. The molecule has 2 rings (SSSR count). The summed E-state index contributed by atoms with van der Waals surface area (Å²) < 4.78 is 29.8. The number of fused-ring (bicyclic) bond motifs is 2. The van der Waals surface area contributed by atoms with Crippen molar-refractivity contribution in [2.45, 2.75) is 6.85 Å². The van der Waals surface area contributed by atoms with Crippen LogP contribution in [0.1, 0.15) is 0 Å². The van der Waals surface area contributed by atoms with Crippen molar-refractivity contribution >= 4 is 23.1 Å². The summed E-state index contributed by atoms with van der Waals surface area (Å²) in [5.74, 6) is -1.64. The summed E-state index contributed by atoms with van der Waals surface area (Å²) in [4.78, 5) is 50.6. The standard InChI is InChI=1S/C18H26O10.Hg/c19-15-9-16(20)13-27-7-3-24-4-8-28-14-18(22)10-17(21)12-26-6-2-23-1-5-25-11-15;/h9-10H,1-8,11-14H2;. The van der Waals surface area contributed by atoms with Gasteiger partial charge in [-0.25, -0.2) is 0 Å². The molecule has 0 saturated carbocycles. The van der Waals surface area contributed by atoms with Crippen molar-refractivity contribution in [2.24, 2.45) is 0 Å². The first kappa shape index (κ1) is 24.6. The van der Waals surface area contributed by atoms with E-state index in [4.69, 9.17) is 28.4 Å². The van der Waals surface area contributed by atoms with Gasteiger partial charge in [0, 0.05) is 0 Å². The quantitative estimate of drug-likeness (QED) is 0.253. The normalized spacial score (nSPS) is 27.9. The zero-order valence-corrected chi connectivity index (χ0v) is 21.9. The third kappa shape index (κ3) is 9.37. The molecule has 10 nitrogen and oxygen atoms in total. The van der Waals surface area contributed by atoms with E-state index in [0.29, 0.717) is 0 Å². The Labute approximate surface area is 181 Å². The summed E-state index contributed by atoms with van der Waals surface area (Å²) in [5.41, 5.74) is 0. The van der Waals surface area contributed by atoms with Crippen LogP contribution in [-0.4, -0.2) is 102 Å². The van der Waals surface area contributed by atoms with Crippen LogP contribution in [0.25, 0.3) is 0 Å². The summed E-state index contributed by atoms with van der Waals surface area (Å²) in [5, 5.41) is 0. The monoisotopic (exact) mass is 604 g/mol. The van der Waals surface area contributed by atoms with Crippen molar-refractivity contribution < 1.29 is 72.2 Å². The molecular weight excluding hydrogens is 577 g/mol. The molecule has 2 aliphatic rings. The minimum atomic E-state index is -2.76. The van der Waals surface area contributed by atoms with E-state index in [1.54, 1.807) is 0 Å². The Bertz CT molecular complexity index is 475. The van der Waals surface area contributed by atoms with Crippen LogP contribution < -0.4 is 0 Å². The molecule has 2 bridgehead atoms. The van der Waals surface area contributed by atoms with Gasteiger partial charge in [-0.05, 0) is 0 Å². The van der Waals surface area contributed by atoms with Crippen molar-refractivity contribution in [1.82, 2.24) is 0 Å². The molecule has 0 aromatic carbocycles. The molecule has 11 heteroatoms. The van der Waals surface area contributed by atoms with Gasteiger partial charge in [0.05, 0.1) is 0 Å². The van der Waals surface area contributed by atoms with Crippen molar-refractivity contribution in [3.8, 4) is 0 Å². The topological polar surface area (TPSA) is 124 Å². The van der Waals surface area contributed by atoms with Crippen LogP contribution >= 0.6 is 0 Å². The van der Waals surface area contributed by atoms with Gasteiger partial charge in [0.25, 0.3) is 0 Å². The summed E-state index contributed by atoms with van der Waals surface area (Å²) in [6.45, 7) is 0.859. The second kappa shape index (κ2) is 14.4. The number of hydrogen-bond acceptors (Lipinski definition) is 10. The number of rotatable bonds is 0. The molecule has 2 fully saturated rings. The number of ketones is 4. The Balaban J connectivity index is 2.19. The van der Waals surface area contributed by atoms with Crippen molar-refractivity contribution in [2.75, 3.05) is 79.3 Å². The van der Waals surface area contributed by atoms with Gasteiger partial charge < -0.3 is 0 Å². The molecule has 0 aromatic heterocycles. The van der Waals surface area contributed by atoms with Gasteiger partial charge in [0.15, 0.2) is 0 Å². The third-order valence-electron chi connectivity index (χ3n) is 4.49. The second-order valence-corrected chi connectivity index (χ2v) is 14.8. The molecular formula is C18H26HgO10. The van der Waals surface area contributed by atoms with E-state index in [1.165, 1.54) is 0 Å². The van der Waals surface area contributed by atoms with Crippen molar-refractivity contribution in [3.05, 3.63) is 0 Å². The molecule has 0 amide bonds. The van der Waals surface area contributed by atoms with E-state index in [9.17, 15) is 19.2 Å². The average molecular weight is 603 g/mol. The number of Topliss-reactive ketones (excluding diaryl/α,β-unsaturated/α-hetero) is 4. The number of ether oxygens (including phenoxy) is 6. The Morgan fingerprint density at radius 3 is 0.966 bits per heavy atom. The Morgan fingerprint density at radius 1 is 0.448 bits per heavy atom. The predicted octanol–water partition coefficient (Wildman–Crippen LogP) is -0.951. The maximum atomic E-state index is 12.7. The predicted molar refractivity (Wildman–Crippen MR) is 92.4 cm³/mol. The molecule has 0 atom stereocenters. The maximum absolute atomic E-state index is 12.7. The Hall–Kier alpha value is -0.625. The van der Waals surface area contributed by atoms with Crippen LogP contribution in [0.15, 0.2) is 0 Å².